The van der Waals surface area contributed by atoms with Gasteiger partial charge in [0.1, 0.15) is 0 Å². The van der Waals surface area contributed by atoms with Crippen LogP contribution in [0.3, 0.4) is 0 Å². The van der Waals surface area contributed by atoms with Crippen molar-refractivity contribution in [2.24, 2.45) is 4.99 Å². The molecular formula is C79H48N10. The Kier molecular flexibility index (Phi) is 14.0. The Morgan fingerprint density at radius 1 is 0.382 bits per heavy atom. The molecule has 0 saturated heterocycles. The molecule has 0 amide bonds. The normalized spacial score (nSPS) is 11.6. The second-order valence-corrected chi connectivity index (χ2v) is 21.4. The summed E-state index contributed by atoms with van der Waals surface area (Å²) in [6.07, 6.45) is 3.91. The Labute approximate surface area is 513 Å². The summed E-state index contributed by atoms with van der Waals surface area (Å²) in [4.78, 5) is 20.2. The van der Waals surface area contributed by atoms with Gasteiger partial charge in [-0.3, -0.25) is 4.99 Å². The molecule has 14 rings (SSSR count). The lowest BCUT2D eigenvalue weighted by molar-refractivity contribution is 1.07. The maximum absolute atomic E-state index is 10.4. The van der Waals surface area contributed by atoms with E-state index >= 15 is 0 Å². The summed E-state index contributed by atoms with van der Waals surface area (Å²) in [6, 6.07) is 91.6. The molecule has 0 bridgehead atoms. The van der Waals surface area contributed by atoms with Crippen molar-refractivity contribution in [3.8, 4) is 109 Å². The van der Waals surface area contributed by atoms with E-state index in [9.17, 15) is 21.0 Å². The van der Waals surface area contributed by atoms with Gasteiger partial charge in [0.15, 0.2) is 17.5 Å². The standard InChI is InChI=1S/C79H48N10/c1-3-71(88-72-36-31-52(61-26-14-10-22-57(61)45-80)40-66(72)67-41-53(32-37-73(67)88)62-27-15-11-23-58(62)46-81)70(49-84-2)65-35-30-56(79-86-77(50-18-6-4-7-19-50)85-78(87-79)51-20-8-5-9-21-51)44-76(65)89-74-38-33-54(63-28-16-12-24-59(63)47-82)42-68(74)69-43-55(34-39-75(69)89)64-29-17-13-25-60(64)48-83/h3-44,49H,2H2,1H3/b70-49-,71-3+. The van der Waals surface area contributed by atoms with Crippen molar-refractivity contribution in [2.45, 2.75) is 6.92 Å². The number of fused-ring (bicyclic) bond motifs is 6. The van der Waals surface area contributed by atoms with E-state index in [0.717, 1.165) is 127 Å². The van der Waals surface area contributed by atoms with Crippen LogP contribution in [-0.2, 0) is 0 Å². The average molecular weight is 1140 g/mol. The first-order chi connectivity index (χ1) is 43.9. The molecule has 3 heterocycles. The van der Waals surface area contributed by atoms with Crippen molar-refractivity contribution >= 4 is 61.6 Å². The lowest BCUT2D eigenvalue weighted by Gasteiger charge is -2.21. The molecule has 0 unspecified atom stereocenters. The second kappa shape index (κ2) is 23.0. The van der Waals surface area contributed by atoms with Crippen LogP contribution in [0.2, 0.25) is 0 Å². The van der Waals surface area contributed by atoms with Crippen LogP contribution in [0.25, 0.3) is 139 Å². The van der Waals surface area contributed by atoms with Crippen LogP contribution in [0.15, 0.2) is 266 Å². The highest BCUT2D eigenvalue weighted by Gasteiger charge is 2.26. The highest BCUT2D eigenvalue weighted by molar-refractivity contribution is 6.17. The summed E-state index contributed by atoms with van der Waals surface area (Å²) < 4.78 is 4.53. The summed E-state index contributed by atoms with van der Waals surface area (Å²) >= 11 is 0. The lowest BCUT2D eigenvalue weighted by Crippen LogP contribution is -2.06. The summed E-state index contributed by atoms with van der Waals surface area (Å²) in [5.41, 5.74) is 18.0. The zero-order valence-corrected chi connectivity index (χ0v) is 48.0. The van der Waals surface area contributed by atoms with Crippen molar-refractivity contribution in [1.29, 1.82) is 21.0 Å². The Morgan fingerprint density at radius 2 is 0.719 bits per heavy atom. The van der Waals surface area contributed by atoms with Crippen LogP contribution < -0.4 is 0 Å². The Bertz CT molecular complexity index is 5180. The highest BCUT2D eigenvalue weighted by atomic mass is 15.0. The van der Waals surface area contributed by atoms with E-state index in [2.05, 4.69) is 136 Å². The fraction of sp³-hybridized carbons (Fsp3) is 0.0127. The molecule has 0 aliphatic rings. The van der Waals surface area contributed by atoms with Gasteiger partial charge >= 0.3 is 0 Å². The third-order valence-corrected chi connectivity index (χ3v) is 16.5. The molecule has 0 atom stereocenters. The molecule has 0 spiro atoms. The number of hydrogen-bond donors (Lipinski definition) is 0. The van der Waals surface area contributed by atoms with E-state index in [4.69, 9.17) is 15.0 Å². The number of allylic oxidation sites excluding steroid dienone is 3. The van der Waals surface area contributed by atoms with Crippen LogP contribution in [0.4, 0.5) is 0 Å². The van der Waals surface area contributed by atoms with Crippen LogP contribution >= 0.6 is 0 Å². The summed E-state index contributed by atoms with van der Waals surface area (Å²) in [7, 11) is 0. The first kappa shape index (κ1) is 54.1. The smallest absolute Gasteiger partial charge is 0.164 e. The van der Waals surface area contributed by atoms with Gasteiger partial charge in [-0.15, -0.1) is 0 Å². The number of rotatable bonds is 12. The molecule has 0 fully saturated rings. The van der Waals surface area contributed by atoms with Gasteiger partial charge in [0.2, 0.25) is 0 Å². The first-order valence-electron chi connectivity index (χ1n) is 28.9. The van der Waals surface area contributed by atoms with E-state index < -0.39 is 0 Å². The Morgan fingerprint density at radius 3 is 1.09 bits per heavy atom. The van der Waals surface area contributed by atoms with Crippen molar-refractivity contribution in [1.82, 2.24) is 24.1 Å². The molecule has 10 heteroatoms. The van der Waals surface area contributed by atoms with Gasteiger partial charge in [-0.2, -0.15) is 21.0 Å². The molecule has 0 saturated carbocycles. The van der Waals surface area contributed by atoms with Gasteiger partial charge in [0.05, 0.1) is 80.0 Å². The van der Waals surface area contributed by atoms with Crippen LogP contribution in [0, 0.1) is 45.3 Å². The third-order valence-electron chi connectivity index (χ3n) is 16.5. The van der Waals surface area contributed by atoms with E-state index in [1.807, 2.05) is 177 Å². The van der Waals surface area contributed by atoms with E-state index in [0.29, 0.717) is 39.7 Å². The van der Waals surface area contributed by atoms with Gasteiger partial charge in [-0.1, -0.05) is 176 Å². The third kappa shape index (κ3) is 9.55. The molecule has 14 aromatic rings. The fourth-order valence-corrected chi connectivity index (χ4v) is 12.4. The van der Waals surface area contributed by atoms with Crippen LogP contribution in [0.1, 0.15) is 34.7 Å². The Hall–Kier alpha value is -12.9. The minimum Gasteiger partial charge on any atom is -0.309 e. The lowest BCUT2D eigenvalue weighted by atomic mass is 9.96. The van der Waals surface area contributed by atoms with Crippen LogP contribution in [0.5, 0.6) is 0 Å². The topological polar surface area (TPSA) is 156 Å². The maximum atomic E-state index is 10.4. The Balaban J connectivity index is 1.06. The SMILES string of the molecule is C=N/C=C(\C(=C/C)n1c2ccc(-c3ccccc3C#N)cc2c2cc(-c3ccccc3C#N)ccc21)c1ccc(-c2nc(-c3ccccc3)nc(-c3ccccc3)n2)cc1-n1c2ccc(-c3ccccc3C#N)cc2c2cc(-c3ccccc3C#N)ccc21. The van der Waals surface area contributed by atoms with Gasteiger partial charge in [-0.05, 0) is 137 Å². The number of nitriles is 4. The number of aromatic nitrogens is 5. The predicted octanol–water partition coefficient (Wildman–Crippen LogP) is 18.8. The molecule has 10 nitrogen and oxygen atoms in total. The van der Waals surface area contributed by atoms with Crippen molar-refractivity contribution in [2.75, 3.05) is 0 Å². The molecule has 0 aliphatic carbocycles. The summed E-state index contributed by atoms with van der Waals surface area (Å²) in [6.45, 7) is 6.14. The van der Waals surface area contributed by atoms with E-state index in [1.54, 1.807) is 0 Å². The molecule has 3 aromatic heterocycles. The van der Waals surface area contributed by atoms with Crippen molar-refractivity contribution in [3.63, 3.8) is 0 Å². The fourth-order valence-electron chi connectivity index (χ4n) is 12.4. The molecule has 89 heavy (non-hydrogen) atoms. The largest absolute Gasteiger partial charge is 0.309 e. The molecule has 11 aromatic carbocycles. The number of nitrogens with zero attached hydrogens (tertiary/aromatic N) is 10. The number of aliphatic imine (C=N–C) groups is 1. The monoisotopic (exact) mass is 1140 g/mol. The minimum absolute atomic E-state index is 0.459. The number of hydrogen-bond acceptors (Lipinski definition) is 8. The predicted molar refractivity (Wildman–Crippen MR) is 358 cm³/mol. The molecule has 0 N–H and O–H groups in total. The van der Waals surface area contributed by atoms with Crippen molar-refractivity contribution < 1.29 is 0 Å². The van der Waals surface area contributed by atoms with Crippen molar-refractivity contribution in [3.05, 3.63) is 289 Å². The molecule has 0 radical (unpaired) electrons. The highest BCUT2D eigenvalue weighted by Crippen LogP contribution is 2.45. The van der Waals surface area contributed by atoms with E-state index in [-0.39, 0.29) is 0 Å². The summed E-state index contributed by atoms with van der Waals surface area (Å²) in [5.74, 6) is 1.50. The first-order valence-corrected chi connectivity index (χ1v) is 28.9. The minimum atomic E-state index is 0.459. The zero-order chi connectivity index (χ0) is 60.5. The average Bonchev–Trinajstić information content (AvgIpc) is 1.64. The second-order valence-electron chi connectivity index (χ2n) is 21.4. The number of benzene rings is 11. The van der Waals surface area contributed by atoms with Gasteiger partial charge < -0.3 is 9.13 Å². The van der Waals surface area contributed by atoms with Crippen LogP contribution in [-0.4, -0.2) is 30.8 Å². The van der Waals surface area contributed by atoms with E-state index in [1.165, 1.54) is 0 Å². The zero-order valence-electron chi connectivity index (χ0n) is 48.0. The van der Waals surface area contributed by atoms with Gasteiger partial charge in [0.25, 0.3) is 0 Å². The summed E-state index contributed by atoms with van der Waals surface area (Å²) in [5, 5.41) is 45.2. The molecular weight excluding hydrogens is 1090 g/mol. The van der Waals surface area contributed by atoms with Gasteiger partial charge in [-0.25, -0.2) is 15.0 Å². The maximum Gasteiger partial charge on any atom is 0.164 e. The molecule has 0 aliphatic heterocycles. The quantitative estimate of drug-likeness (QED) is 0.0871. The molecule has 414 valence electrons. The van der Waals surface area contributed by atoms with Gasteiger partial charge in [0, 0.05) is 55.6 Å².